The molecule has 0 N–H and O–H groups in total. The van der Waals surface area contributed by atoms with Crippen molar-refractivity contribution in [1.29, 1.82) is 0 Å². The Kier molecular flexibility index (Phi) is 6.22. The number of piperazine rings is 1. The smallest absolute Gasteiger partial charge is 0.267 e. The third kappa shape index (κ3) is 4.49. The van der Waals surface area contributed by atoms with Crippen LogP contribution in [0.4, 0.5) is 11.6 Å². The van der Waals surface area contributed by atoms with Gasteiger partial charge in [0.2, 0.25) is 0 Å². The quantitative estimate of drug-likeness (QED) is 0.742. The van der Waals surface area contributed by atoms with Crippen LogP contribution >= 0.6 is 11.5 Å². The molecule has 9 heteroatoms. The number of nitrogens with zero attached hydrogens (tertiary/aromatic N) is 7. The van der Waals surface area contributed by atoms with Crippen molar-refractivity contribution in [2.24, 2.45) is 5.92 Å². The van der Waals surface area contributed by atoms with E-state index >= 15 is 0 Å². The van der Waals surface area contributed by atoms with E-state index in [0.717, 1.165) is 62.3 Å². The van der Waals surface area contributed by atoms with Gasteiger partial charge in [0.05, 0.1) is 5.69 Å². The van der Waals surface area contributed by atoms with Crippen LogP contribution in [0, 0.1) is 5.92 Å². The second kappa shape index (κ2) is 9.02. The Morgan fingerprint density at radius 1 is 1.00 bits per heavy atom. The fraction of sp³-hybridized carbons (Fsp3) is 0.650. The summed E-state index contributed by atoms with van der Waals surface area (Å²) in [5.74, 6) is 2.72. The Morgan fingerprint density at radius 3 is 2.21 bits per heavy atom. The lowest BCUT2D eigenvalue weighted by molar-refractivity contribution is 0.0750. The summed E-state index contributed by atoms with van der Waals surface area (Å²) in [5, 5.41) is 13.1. The van der Waals surface area contributed by atoms with Gasteiger partial charge in [0, 0.05) is 39.3 Å². The number of aromatic nitrogens is 4. The Labute approximate surface area is 176 Å². The lowest BCUT2D eigenvalue weighted by Crippen LogP contribution is -2.49. The molecule has 0 aliphatic carbocycles. The summed E-state index contributed by atoms with van der Waals surface area (Å²) in [4.78, 5) is 20.0. The first kappa shape index (κ1) is 20.0. The van der Waals surface area contributed by atoms with E-state index in [1.807, 2.05) is 4.90 Å². The minimum atomic E-state index is 0.0591. The third-order valence-electron chi connectivity index (χ3n) is 5.87. The normalized spacial score (nSPS) is 18.3. The monoisotopic (exact) mass is 415 g/mol. The van der Waals surface area contributed by atoms with E-state index in [9.17, 15) is 4.79 Å². The molecular formula is C20H29N7OS. The van der Waals surface area contributed by atoms with Crippen molar-refractivity contribution < 1.29 is 4.79 Å². The first-order valence-corrected chi connectivity index (χ1v) is 11.4. The molecule has 1 amide bonds. The molecule has 156 valence electrons. The number of amides is 1. The summed E-state index contributed by atoms with van der Waals surface area (Å²) in [5.41, 5.74) is 0.832. The largest absolute Gasteiger partial charge is 0.355 e. The van der Waals surface area contributed by atoms with E-state index in [2.05, 4.69) is 55.6 Å². The maximum atomic E-state index is 12.8. The maximum Gasteiger partial charge on any atom is 0.267 e. The summed E-state index contributed by atoms with van der Waals surface area (Å²) < 4.78 is 3.98. The summed E-state index contributed by atoms with van der Waals surface area (Å²) in [6, 6.07) is 4.14. The molecule has 2 aliphatic rings. The van der Waals surface area contributed by atoms with Gasteiger partial charge in [0.15, 0.2) is 11.6 Å². The highest BCUT2D eigenvalue weighted by Gasteiger charge is 2.26. The summed E-state index contributed by atoms with van der Waals surface area (Å²) in [6.07, 6.45) is 4.20. The number of hydrogen-bond acceptors (Lipinski definition) is 8. The van der Waals surface area contributed by atoms with Gasteiger partial charge in [0.25, 0.3) is 5.91 Å². The van der Waals surface area contributed by atoms with Gasteiger partial charge in [-0.25, -0.2) is 0 Å². The topological polar surface area (TPSA) is 78.4 Å². The van der Waals surface area contributed by atoms with E-state index in [1.165, 1.54) is 24.4 Å². The average Bonchev–Trinajstić information content (AvgIpc) is 3.23. The molecule has 8 nitrogen and oxygen atoms in total. The highest BCUT2D eigenvalue weighted by atomic mass is 32.1. The zero-order valence-electron chi connectivity index (χ0n) is 17.3. The Bertz CT molecular complexity index is 808. The molecule has 2 aromatic heterocycles. The summed E-state index contributed by atoms with van der Waals surface area (Å²) >= 11 is 1.21. The zero-order valence-corrected chi connectivity index (χ0v) is 18.1. The number of hydrogen-bond donors (Lipinski definition) is 0. The molecule has 2 aromatic rings. The van der Waals surface area contributed by atoms with Gasteiger partial charge in [-0.05, 0) is 48.8 Å². The van der Waals surface area contributed by atoms with Crippen molar-refractivity contribution in [3.8, 4) is 0 Å². The second-order valence-electron chi connectivity index (χ2n) is 8.00. The molecule has 2 saturated heterocycles. The maximum absolute atomic E-state index is 12.8. The van der Waals surface area contributed by atoms with E-state index in [4.69, 9.17) is 0 Å². The van der Waals surface area contributed by atoms with E-state index in [-0.39, 0.29) is 5.91 Å². The highest BCUT2D eigenvalue weighted by molar-refractivity contribution is 7.08. The zero-order chi connectivity index (χ0) is 20.2. The molecule has 4 rings (SSSR count). The van der Waals surface area contributed by atoms with Crippen LogP contribution in [-0.4, -0.2) is 69.9 Å². The van der Waals surface area contributed by atoms with Gasteiger partial charge in [-0.3, -0.25) is 4.79 Å². The molecular weight excluding hydrogens is 386 g/mol. The predicted octanol–water partition coefficient (Wildman–Crippen LogP) is 2.48. The van der Waals surface area contributed by atoms with Crippen LogP contribution in [0.15, 0.2) is 12.1 Å². The Balaban J connectivity index is 1.33. The Morgan fingerprint density at radius 2 is 1.62 bits per heavy atom. The predicted molar refractivity (Wildman–Crippen MR) is 115 cm³/mol. The molecule has 2 aliphatic heterocycles. The van der Waals surface area contributed by atoms with Crippen LogP contribution < -0.4 is 9.80 Å². The molecule has 0 saturated carbocycles. The minimum absolute atomic E-state index is 0.0591. The molecule has 2 fully saturated rings. The number of carbonyl (C=O) groups excluding carboxylic acids is 1. The number of piperidine rings is 1. The molecule has 29 heavy (non-hydrogen) atoms. The Hall–Kier alpha value is -2.29. The number of rotatable bonds is 5. The lowest BCUT2D eigenvalue weighted by atomic mass is 9.99. The molecule has 0 spiro atoms. The van der Waals surface area contributed by atoms with Crippen LogP contribution in [-0.2, 0) is 6.42 Å². The molecule has 0 bridgehead atoms. The highest BCUT2D eigenvalue weighted by Crippen LogP contribution is 2.23. The fourth-order valence-electron chi connectivity index (χ4n) is 3.95. The first-order valence-electron chi connectivity index (χ1n) is 10.6. The standard InChI is InChI=1S/C20H29N7OS/c1-3-4-16-19(29-24-21-16)20(28)27-13-11-26(12-14-27)18-6-5-17(22-23-18)25-9-7-15(2)8-10-25/h5-6,15H,3-4,7-14H2,1-2H3. The van der Waals surface area contributed by atoms with Crippen LogP contribution in [0.3, 0.4) is 0 Å². The second-order valence-corrected chi connectivity index (χ2v) is 8.75. The van der Waals surface area contributed by atoms with E-state index in [0.29, 0.717) is 18.0 Å². The van der Waals surface area contributed by atoms with Gasteiger partial charge in [-0.15, -0.1) is 15.3 Å². The molecule has 0 atom stereocenters. The average molecular weight is 416 g/mol. The molecule has 0 unspecified atom stereocenters. The number of aryl methyl sites for hydroxylation is 1. The SMILES string of the molecule is CCCc1nnsc1C(=O)N1CCN(c2ccc(N3CCC(C)CC3)nn2)CC1. The van der Waals surface area contributed by atoms with Crippen LogP contribution in [0.1, 0.15) is 48.5 Å². The lowest BCUT2D eigenvalue weighted by Gasteiger charge is -2.35. The van der Waals surface area contributed by atoms with Gasteiger partial charge in [-0.2, -0.15) is 0 Å². The molecule has 0 aromatic carbocycles. The summed E-state index contributed by atoms with van der Waals surface area (Å²) in [6.45, 7) is 9.39. The minimum Gasteiger partial charge on any atom is -0.355 e. The van der Waals surface area contributed by atoms with Crippen LogP contribution in [0.2, 0.25) is 0 Å². The van der Waals surface area contributed by atoms with Crippen molar-refractivity contribution in [1.82, 2.24) is 24.7 Å². The van der Waals surface area contributed by atoms with Gasteiger partial charge < -0.3 is 14.7 Å². The van der Waals surface area contributed by atoms with Crippen molar-refractivity contribution in [2.45, 2.75) is 39.5 Å². The van der Waals surface area contributed by atoms with Crippen LogP contribution in [0.5, 0.6) is 0 Å². The number of carbonyl (C=O) groups is 1. The van der Waals surface area contributed by atoms with Crippen molar-refractivity contribution in [3.63, 3.8) is 0 Å². The molecule has 0 radical (unpaired) electrons. The number of anilines is 2. The van der Waals surface area contributed by atoms with Gasteiger partial charge in [-0.1, -0.05) is 24.8 Å². The van der Waals surface area contributed by atoms with Gasteiger partial charge >= 0.3 is 0 Å². The molecule has 4 heterocycles. The van der Waals surface area contributed by atoms with Crippen molar-refractivity contribution in [3.05, 3.63) is 22.7 Å². The van der Waals surface area contributed by atoms with Gasteiger partial charge in [0.1, 0.15) is 4.88 Å². The van der Waals surface area contributed by atoms with Crippen molar-refractivity contribution in [2.75, 3.05) is 49.1 Å². The summed E-state index contributed by atoms with van der Waals surface area (Å²) in [7, 11) is 0. The third-order valence-corrected chi connectivity index (χ3v) is 6.63. The van der Waals surface area contributed by atoms with E-state index in [1.54, 1.807) is 0 Å². The first-order chi connectivity index (χ1) is 14.2. The van der Waals surface area contributed by atoms with Crippen LogP contribution in [0.25, 0.3) is 0 Å². The fourth-order valence-corrected chi connectivity index (χ4v) is 4.62. The van der Waals surface area contributed by atoms with Crippen molar-refractivity contribution >= 4 is 29.1 Å². The van der Waals surface area contributed by atoms with E-state index < -0.39 is 0 Å².